The van der Waals surface area contributed by atoms with Crippen molar-refractivity contribution in [2.45, 2.75) is 0 Å². The SMILES string of the molecule is O=C(C[NH+]1CCN(c2ccccc2)CC1)Nc1nc(-c2ccccc2)cs1. The minimum atomic E-state index is 0.0344. The monoisotopic (exact) mass is 379 g/mol. The zero-order valence-corrected chi connectivity index (χ0v) is 15.9. The lowest BCUT2D eigenvalue weighted by atomic mass is 10.2. The summed E-state index contributed by atoms with van der Waals surface area (Å²) in [4.78, 5) is 20.6. The minimum Gasteiger partial charge on any atom is -0.360 e. The molecule has 5 nitrogen and oxygen atoms in total. The van der Waals surface area contributed by atoms with Crippen molar-refractivity contribution >= 4 is 28.1 Å². The summed E-state index contributed by atoms with van der Waals surface area (Å²) in [6, 6.07) is 20.5. The van der Waals surface area contributed by atoms with Crippen molar-refractivity contribution in [3.05, 3.63) is 66.0 Å². The number of para-hydroxylation sites is 1. The molecule has 4 rings (SSSR count). The number of thiazole rings is 1. The zero-order valence-electron chi connectivity index (χ0n) is 15.1. The first-order valence-electron chi connectivity index (χ1n) is 9.22. The van der Waals surface area contributed by atoms with Gasteiger partial charge in [0, 0.05) is 16.6 Å². The van der Waals surface area contributed by atoms with Crippen molar-refractivity contribution in [1.82, 2.24) is 4.98 Å². The van der Waals surface area contributed by atoms with Crippen LogP contribution in [0.5, 0.6) is 0 Å². The lowest BCUT2D eigenvalue weighted by Crippen LogP contribution is -3.15. The molecule has 2 N–H and O–H groups in total. The van der Waals surface area contributed by atoms with E-state index in [0.29, 0.717) is 11.7 Å². The molecule has 0 atom stereocenters. The number of piperazine rings is 1. The second-order valence-corrected chi connectivity index (χ2v) is 7.56. The quantitative estimate of drug-likeness (QED) is 0.714. The van der Waals surface area contributed by atoms with Gasteiger partial charge in [-0.05, 0) is 12.1 Å². The first-order valence-corrected chi connectivity index (χ1v) is 10.1. The number of carbonyl (C=O) groups is 1. The third kappa shape index (κ3) is 4.53. The third-order valence-corrected chi connectivity index (χ3v) is 5.58. The summed E-state index contributed by atoms with van der Waals surface area (Å²) < 4.78 is 0. The van der Waals surface area contributed by atoms with E-state index >= 15 is 0 Å². The number of hydrogen-bond acceptors (Lipinski definition) is 4. The molecule has 138 valence electrons. The second kappa shape index (κ2) is 8.33. The van der Waals surface area contributed by atoms with Crippen molar-refractivity contribution in [3.63, 3.8) is 0 Å². The molecule has 0 unspecified atom stereocenters. The molecule has 27 heavy (non-hydrogen) atoms. The fourth-order valence-electron chi connectivity index (χ4n) is 3.36. The smallest absolute Gasteiger partial charge is 0.281 e. The molecule has 0 radical (unpaired) electrons. The van der Waals surface area contributed by atoms with Crippen LogP contribution in [0.3, 0.4) is 0 Å². The standard InChI is InChI=1S/C21H22N4OS/c26-20(23-21-22-19(16-27-21)17-7-3-1-4-8-17)15-24-11-13-25(14-12-24)18-9-5-2-6-10-18/h1-10,16H,11-15H2,(H,22,23,26)/p+1. The molecule has 1 saturated heterocycles. The van der Waals surface area contributed by atoms with Crippen LogP contribution in [0.25, 0.3) is 11.3 Å². The summed E-state index contributed by atoms with van der Waals surface area (Å²) in [6.07, 6.45) is 0. The molecule has 3 aromatic rings. The van der Waals surface area contributed by atoms with Crippen molar-refractivity contribution in [1.29, 1.82) is 0 Å². The van der Waals surface area contributed by atoms with Gasteiger partial charge in [0.1, 0.15) is 0 Å². The van der Waals surface area contributed by atoms with Crippen molar-refractivity contribution in [2.75, 3.05) is 42.9 Å². The van der Waals surface area contributed by atoms with Gasteiger partial charge in [0.2, 0.25) is 0 Å². The number of quaternary nitrogens is 1. The topological polar surface area (TPSA) is 49.7 Å². The zero-order chi connectivity index (χ0) is 18.5. The van der Waals surface area contributed by atoms with Gasteiger partial charge < -0.3 is 9.80 Å². The van der Waals surface area contributed by atoms with Gasteiger partial charge in [-0.1, -0.05) is 48.5 Å². The van der Waals surface area contributed by atoms with E-state index in [2.05, 4.69) is 39.5 Å². The normalized spacial score (nSPS) is 14.9. The number of anilines is 2. The molecular formula is C21H23N4OS+. The molecule has 2 heterocycles. The average molecular weight is 380 g/mol. The molecular weight excluding hydrogens is 356 g/mol. The van der Waals surface area contributed by atoms with Gasteiger partial charge in [-0.3, -0.25) is 10.1 Å². The number of carbonyl (C=O) groups excluding carboxylic acids is 1. The van der Waals surface area contributed by atoms with Gasteiger partial charge in [0.05, 0.1) is 31.9 Å². The maximum absolute atomic E-state index is 12.4. The predicted molar refractivity (Wildman–Crippen MR) is 110 cm³/mol. The van der Waals surface area contributed by atoms with Gasteiger partial charge in [0.25, 0.3) is 5.91 Å². The lowest BCUT2D eigenvalue weighted by Gasteiger charge is -2.33. The number of hydrogen-bond donors (Lipinski definition) is 2. The number of amides is 1. The van der Waals surface area contributed by atoms with Crippen LogP contribution >= 0.6 is 11.3 Å². The Morgan fingerprint density at radius 3 is 2.41 bits per heavy atom. The van der Waals surface area contributed by atoms with E-state index in [1.54, 1.807) is 0 Å². The highest BCUT2D eigenvalue weighted by Crippen LogP contribution is 2.24. The van der Waals surface area contributed by atoms with Crippen molar-refractivity contribution < 1.29 is 9.69 Å². The summed E-state index contributed by atoms with van der Waals surface area (Å²) in [7, 11) is 0. The molecule has 1 aliphatic heterocycles. The molecule has 1 aromatic heterocycles. The summed E-state index contributed by atoms with van der Waals surface area (Å²) in [5.74, 6) is 0.0344. The van der Waals surface area contributed by atoms with Gasteiger partial charge in [-0.25, -0.2) is 4.98 Å². The minimum absolute atomic E-state index is 0.0344. The Balaban J connectivity index is 1.27. The van der Waals surface area contributed by atoms with Crippen LogP contribution in [0, 0.1) is 0 Å². The van der Waals surface area contributed by atoms with Gasteiger partial charge in [-0.2, -0.15) is 0 Å². The number of benzene rings is 2. The lowest BCUT2D eigenvalue weighted by molar-refractivity contribution is -0.892. The van der Waals surface area contributed by atoms with E-state index in [9.17, 15) is 4.79 Å². The fourth-order valence-corrected chi connectivity index (χ4v) is 4.10. The van der Waals surface area contributed by atoms with Gasteiger partial charge >= 0.3 is 0 Å². The number of nitrogens with zero attached hydrogens (tertiary/aromatic N) is 2. The second-order valence-electron chi connectivity index (χ2n) is 6.70. The van der Waals surface area contributed by atoms with E-state index in [1.807, 2.05) is 41.8 Å². The summed E-state index contributed by atoms with van der Waals surface area (Å²) >= 11 is 1.47. The van der Waals surface area contributed by atoms with Crippen LogP contribution in [0.2, 0.25) is 0 Å². The molecule has 0 bridgehead atoms. The molecule has 0 aliphatic carbocycles. The highest BCUT2D eigenvalue weighted by Gasteiger charge is 2.22. The van der Waals surface area contributed by atoms with Crippen LogP contribution in [-0.2, 0) is 4.79 Å². The van der Waals surface area contributed by atoms with Crippen LogP contribution in [0.4, 0.5) is 10.8 Å². The maximum atomic E-state index is 12.4. The van der Waals surface area contributed by atoms with Crippen LogP contribution in [0.15, 0.2) is 66.0 Å². The molecule has 1 amide bonds. The summed E-state index contributed by atoms with van der Waals surface area (Å²) in [5, 5.41) is 5.61. The number of nitrogens with one attached hydrogen (secondary N) is 2. The van der Waals surface area contributed by atoms with Crippen molar-refractivity contribution in [2.24, 2.45) is 0 Å². The molecule has 6 heteroatoms. The van der Waals surface area contributed by atoms with Crippen molar-refractivity contribution in [3.8, 4) is 11.3 Å². The highest BCUT2D eigenvalue weighted by atomic mass is 32.1. The molecule has 1 aliphatic rings. The average Bonchev–Trinajstić information content (AvgIpc) is 3.18. The van der Waals surface area contributed by atoms with E-state index in [4.69, 9.17) is 0 Å². The van der Waals surface area contributed by atoms with E-state index in [0.717, 1.165) is 37.4 Å². The van der Waals surface area contributed by atoms with Crippen LogP contribution < -0.4 is 15.1 Å². The largest absolute Gasteiger partial charge is 0.360 e. The Morgan fingerprint density at radius 2 is 1.70 bits per heavy atom. The number of aromatic nitrogens is 1. The Morgan fingerprint density at radius 1 is 1.04 bits per heavy atom. The van der Waals surface area contributed by atoms with E-state index < -0.39 is 0 Å². The summed E-state index contributed by atoms with van der Waals surface area (Å²) in [6.45, 7) is 4.37. The first kappa shape index (κ1) is 17.7. The number of rotatable bonds is 5. The van der Waals surface area contributed by atoms with Gasteiger partial charge in [-0.15, -0.1) is 11.3 Å². The summed E-state index contributed by atoms with van der Waals surface area (Å²) in [5.41, 5.74) is 3.23. The Hall–Kier alpha value is -2.70. The third-order valence-electron chi connectivity index (χ3n) is 4.82. The van der Waals surface area contributed by atoms with Gasteiger partial charge in [0.15, 0.2) is 11.7 Å². The molecule has 2 aromatic carbocycles. The van der Waals surface area contributed by atoms with E-state index in [-0.39, 0.29) is 5.91 Å². The first-order chi connectivity index (χ1) is 13.3. The Bertz CT molecular complexity index is 873. The van der Waals surface area contributed by atoms with E-state index in [1.165, 1.54) is 21.9 Å². The highest BCUT2D eigenvalue weighted by molar-refractivity contribution is 7.14. The molecule has 0 spiro atoms. The maximum Gasteiger partial charge on any atom is 0.281 e. The fraction of sp³-hybridized carbons (Fsp3) is 0.238. The Labute approximate surface area is 163 Å². The molecule has 0 saturated carbocycles. The Kier molecular flexibility index (Phi) is 5.46. The van der Waals surface area contributed by atoms with Crippen LogP contribution in [-0.4, -0.2) is 43.6 Å². The predicted octanol–water partition coefficient (Wildman–Crippen LogP) is 2.15. The van der Waals surface area contributed by atoms with Crippen LogP contribution in [0.1, 0.15) is 0 Å². The molecule has 1 fully saturated rings.